The summed E-state index contributed by atoms with van der Waals surface area (Å²) in [6.07, 6.45) is 0. The molecule has 4 aromatic rings. The number of para-hydroxylation sites is 3. The van der Waals surface area contributed by atoms with Crippen LogP contribution in [0.1, 0.15) is 18.5 Å². The zero-order valence-corrected chi connectivity index (χ0v) is 20.7. The van der Waals surface area contributed by atoms with Gasteiger partial charge in [-0.15, -0.1) is 5.10 Å². The quantitative estimate of drug-likeness (QED) is 0.256. The Morgan fingerprint density at radius 3 is 2.51 bits per heavy atom. The number of carbonyl (C=O) groups is 1. The van der Waals surface area contributed by atoms with Crippen molar-refractivity contribution < 1.29 is 19.4 Å². The van der Waals surface area contributed by atoms with Gasteiger partial charge in [0.2, 0.25) is 5.95 Å². The molecule has 2 N–H and O–H groups in total. The summed E-state index contributed by atoms with van der Waals surface area (Å²) in [6, 6.07) is 17.7. The standard InChI is InChI=1S/C26H21N7O6/c1-15-22(25(34)28-19-11-4-6-13-21(19)39-2)23(18-10-3-5-12-20(18)33(37)38)31-26(27-15)29-24(30-31)16-8-7-9-17(14-16)32(35)36/h3-14,23H,1-2H3,(H,28,34)(H,27,29,30). The van der Waals surface area contributed by atoms with E-state index in [1.807, 2.05) is 0 Å². The van der Waals surface area contributed by atoms with Crippen LogP contribution in [0.2, 0.25) is 0 Å². The largest absolute Gasteiger partial charge is 0.495 e. The Bertz CT molecular complexity index is 1660. The number of ether oxygens (including phenoxy) is 1. The van der Waals surface area contributed by atoms with E-state index in [-0.39, 0.29) is 34.3 Å². The monoisotopic (exact) mass is 527 g/mol. The van der Waals surface area contributed by atoms with Gasteiger partial charge in [0.1, 0.15) is 11.8 Å². The number of hydrogen-bond acceptors (Lipinski definition) is 9. The van der Waals surface area contributed by atoms with Crippen LogP contribution in [-0.4, -0.2) is 37.6 Å². The first-order valence-corrected chi connectivity index (χ1v) is 11.7. The number of nitrogens with one attached hydrogen (secondary N) is 2. The molecule has 0 saturated carbocycles. The van der Waals surface area contributed by atoms with Gasteiger partial charge in [-0.25, -0.2) is 4.68 Å². The molecule has 0 bridgehead atoms. The molecule has 1 unspecified atom stereocenters. The van der Waals surface area contributed by atoms with Crippen molar-refractivity contribution in [1.82, 2.24) is 14.8 Å². The van der Waals surface area contributed by atoms with Crippen LogP contribution in [-0.2, 0) is 4.79 Å². The molecular weight excluding hydrogens is 506 g/mol. The van der Waals surface area contributed by atoms with Crippen LogP contribution >= 0.6 is 0 Å². The topological polar surface area (TPSA) is 167 Å². The molecule has 1 aliphatic heterocycles. The number of benzene rings is 3. The summed E-state index contributed by atoms with van der Waals surface area (Å²) in [5.74, 6) is 0.255. The number of allylic oxidation sites excluding steroid dienone is 1. The second-order valence-corrected chi connectivity index (χ2v) is 8.55. The van der Waals surface area contributed by atoms with E-state index in [9.17, 15) is 25.0 Å². The molecule has 0 fully saturated rings. The van der Waals surface area contributed by atoms with Crippen LogP contribution in [0.25, 0.3) is 11.4 Å². The lowest BCUT2D eigenvalue weighted by atomic mass is 9.93. The summed E-state index contributed by atoms with van der Waals surface area (Å²) in [6.45, 7) is 1.66. The lowest BCUT2D eigenvalue weighted by Crippen LogP contribution is -2.32. The predicted octanol–water partition coefficient (Wildman–Crippen LogP) is 4.70. The van der Waals surface area contributed by atoms with Gasteiger partial charge in [0, 0.05) is 29.5 Å². The molecule has 39 heavy (non-hydrogen) atoms. The Labute approximate surface area is 221 Å². The molecule has 0 radical (unpaired) electrons. The van der Waals surface area contributed by atoms with Crippen LogP contribution in [0.5, 0.6) is 5.75 Å². The maximum Gasteiger partial charge on any atom is 0.275 e. The molecule has 13 nitrogen and oxygen atoms in total. The average molecular weight is 527 g/mol. The van der Waals surface area contributed by atoms with Gasteiger partial charge in [-0.1, -0.05) is 36.4 Å². The number of nitro groups is 2. The number of non-ortho nitro benzene ring substituents is 1. The van der Waals surface area contributed by atoms with Gasteiger partial charge in [-0.2, -0.15) is 4.98 Å². The number of rotatable bonds is 7. The second-order valence-electron chi connectivity index (χ2n) is 8.55. The van der Waals surface area contributed by atoms with Crippen molar-refractivity contribution in [3.8, 4) is 17.1 Å². The lowest BCUT2D eigenvalue weighted by molar-refractivity contribution is -0.385. The maximum atomic E-state index is 13.7. The number of amides is 1. The molecular formula is C26H21N7O6. The number of carbonyl (C=O) groups excluding carboxylic acids is 1. The van der Waals surface area contributed by atoms with E-state index in [2.05, 4.69) is 20.7 Å². The fraction of sp³-hybridized carbons (Fsp3) is 0.115. The highest BCUT2D eigenvalue weighted by Crippen LogP contribution is 2.40. The van der Waals surface area contributed by atoms with Gasteiger partial charge >= 0.3 is 0 Å². The zero-order valence-electron chi connectivity index (χ0n) is 20.7. The number of fused-ring (bicyclic) bond motifs is 1. The van der Waals surface area contributed by atoms with Crippen molar-refractivity contribution in [2.24, 2.45) is 0 Å². The molecule has 1 aliphatic rings. The normalized spacial score (nSPS) is 14.3. The van der Waals surface area contributed by atoms with E-state index >= 15 is 0 Å². The van der Waals surface area contributed by atoms with Crippen molar-refractivity contribution in [2.45, 2.75) is 13.0 Å². The van der Waals surface area contributed by atoms with Crippen molar-refractivity contribution in [3.63, 3.8) is 0 Å². The number of nitrogens with zero attached hydrogens (tertiary/aromatic N) is 5. The van der Waals surface area contributed by atoms with Gasteiger partial charge in [0.15, 0.2) is 5.82 Å². The second kappa shape index (κ2) is 10.0. The van der Waals surface area contributed by atoms with Crippen molar-refractivity contribution in [1.29, 1.82) is 0 Å². The van der Waals surface area contributed by atoms with E-state index in [1.165, 1.54) is 42.1 Å². The molecule has 0 aliphatic carbocycles. The Kier molecular flexibility index (Phi) is 6.46. The molecule has 1 amide bonds. The first-order valence-electron chi connectivity index (χ1n) is 11.7. The first-order chi connectivity index (χ1) is 18.8. The molecule has 1 aromatic heterocycles. The number of anilines is 2. The number of nitro benzene ring substituents is 2. The fourth-order valence-corrected chi connectivity index (χ4v) is 4.44. The zero-order chi connectivity index (χ0) is 27.7. The number of hydrogen-bond donors (Lipinski definition) is 2. The summed E-state index contributed by atoms with van der Waals surface area (Å²) >= 11 is 0. The molecule has 196 valence electrons. The maximum absolute atomic E-state index is 13.7. The lowest BCUT2D eigenvalue weighted by Gasteiger charge is -2.28. The number of methoxy groups -OCH3 is 1. The Morgan fingerprint density at radius 1 is 1.03 bits per heavy atom. The molecule has 5 rings (SSSR count). The summed E-state index contributed by atoms with van der Waals surface area (Å²) in [4.78, 5) is 40.5. The van der Waals surface area contributed by atoms with E-state index in [0.717, 1.165) is 0 Å². The molecule has 0 spiro atoms. The average Bonchev–Trinajstić information content (AvgIpc) is 3.36. The Morgan fingerprint density at radius 2 is 1.77 bits per heavy atom. The first kappa shape index (κ1) is 25.1. The highest BCUT2D eigenvalue weighted by atomic mass is 16.6. The number of aromatic nitrogens is 3. The van der Waals surface area contributed by atoms with E-state index in [4.69, 9.17) is 4.74 Å². The minimum Gasteiger partial charge on any atom is -0.495 e. The SMILES string of the molecule is COc1ccccc1NC(=O)C1=C(C)Nc2nc(-c3cccc([N+](=O)[O-])c3)nn2C1c1ccccc1[N+](=O)[O-]. The van der Waals surface area contributed by atoms with Crippen LogP contribution in [0.15, 0.2) is 84.1 Å². The van der Waals surface area contributed by atoms with Crippen molar-refractivity contribution in [2.75, 3.05) is 17.7 Å². The third-order valence-corrected chi connectivity index (χ3v) is 6.20. The van der Waals surface area contributed by atoms with Gasteiger partial charge in [-0.05, 0) is 25.1 Å². The van der Waals surface area contributed by atoms with E-state index in [0.29, 0.717) is 22.7 Å². The molecule has 1 atom stereocenters. The van der Waals surface area contributed by atoms with Crippen LogP contribution in [0.3, 0.4) is 0 Å². The molecule has 13 heteroatoms. The smallest absolute Gasteiger partial charge is 0.275 e. The summed E-state index contributed by atoms with van der Waals surface area (Å²) in [5.41, 5.74) is 1.20. The third kappa shape index (κ3) is 4.64. The van der Waals surface area contributed by atoms with E-state index < -0.39 is 21.8 Å². The summed E-state index contributed by atoms with van der Waals surface area (Å²) in [7, 11) is 1.48. The summed E-state index contributed by atoms with van der Waals surface area (Å²) in [5, 5.41) is 33.7. The highest BCUT2D eigenvalue weighted by Gasteiger charge is 2.38. The third-order valence-electron chi connectivity index (χ3n) is 6.20. The minimum atomic E-state index is -1.04. The van der Waals surface area contributed by atoms with Crippen LogP contribution in [0.4, 0.5) is 23.0 Å². The van der Waals surface area contributed by atoms with Crippen molar-refractivity contribution in [3.05, 3.63) is 110 Å². The fourth-order valence-electron chi connectivity index (χ4n) is 4.44. The van der Waals surface area contributed by atoms with Gasteiger partial charge < -0.3 is 15.4 Å². The van der Waals surface area contributed by atoms with Crippen molar-refractivity contribution >= 4 is 28.9 Å². The Balaban J connectivity index is 1.66. The minimum absolute atomic E-state index is 0.143. The Hall–Kier alpha value is -5.59. The predicted molar refractivity (Wildman–Crippen MR) is 141 cm³/mol. The van der Waals surface area contributed by atoms with Crippen LogP contribution in [0, 0.1) is 20.2 Å². The van der Waals surface area contributed by atoms with E-state index in [1.54, 1.807) is 49.4 Å². The summed E-state index contributed by atoms with van der Waals surface area (Å²) < 4.78 is 6.72. The molecule has 3 aromatic carbocycles. The highest BCUT2D eigenvalue weighted by molar-refractivity contribution is 6.06. The molecule has 0 saturated heterocycles. The van der Waals surface area contributed by atoms with Gasteiger partial charge in [0.05, 0.1) is 33.8 Å². The van der Waals surface area contributed by atoms with Gasteiger partial charge in [-0.3, -0.25) is 25.0 Å². The molecule has 2 heterocycles. The van der Waals surface area contributed by atoms with Crippen LogP contribution < -0.4 is 15.4 Å². The van der Waals surface area contributed by atoms with Gasteiger partial charge in [0.25, 0.3) is 17.3 Å².